The average molecular weight is 198 g/mol. The number of benzene rings is 1. The van der Waals surface area contributed by atoms with Crippen molar-refractivity contribution in [1.82, 2.24) is 0 Å². The summed E-state index contributed by atoms with van der Waals surface area (Å²) >= 11 is 0. The predicted octanol–water partition coefficient (Wildman–Crippen LogP) is 1.69. The fourth-order valence-electron chi connectivity index (χ4n) is 0.972. The van der Waals surface area contributed by atoms with Crippen LogP contribution in [0.2, 0.25) is 0 Å². The summed E-state index contributed by atoms with van der Waals surface area (Å²) in [6.07, 6.45) is 0. The van der Waals surface area contributed by atoms with Gasteiger partial charge in [0.2, 0.25) is 0 Å². The molecule has 0 saturated carbocycles. The Hall–Kier alpha value is -1.91. The zero-order valence-electron chi connectivity index (χ0n) is 10.3. The van der Waals surface area contributed by atoms with Gasteiger partial charge in [0.1, 0.15) is 0 Å². The molecule has 74 valence electrons. The van der Waals surface area contributed by atoms with E-state index in [0.29, 0.717) is 0 Å². The minimum Gasteiger partial charge on any atom is -0.465 e. The largest absolute Gasteiger partial charge is 0.465 e. The van der Waals surface area contributed by atoms with Crippen LogP contribution in [0.1, 0.15) is 20.0 Å². The number of methoxy groups -OCH3 is 1. The zero-order chi connectivity index (χ0) is 13.2. The van der Waals surface area contributed by atoms with Gasteiger partial charge in [0.05, 0.1) is 17.6 Å². The number of hydrogen-bond acceptors (Lipinski definition) is 4. The third-order valence-electron chi connectivity index (χ3n) is 1.64. The number of ether oxygens (including phenoxy) is 1. The molecule has 0 aliphatic rings. The molecule has 0 bridgehead atoms. The van der Waals surface area contributed by atoms with E-state index < -0.39 is 29.0 Å². The van der Waals surface area contributed by atoms with Crippen molar-refractivity contribution >= 4 is 11.7 Å². The summed E-state index contributed by atoms with van der Waals surface area (Å²) in [4.78, 5) is 21.3. The molecule has 0 N–H and O–H groups in total. The van der Waals surface area contributed by atoms with Crippen LogP contribution in [0, 0.1) is 17.0 Å². The molecule has 14 heavy (non-hydrogen) atoms. The minimum absolute atomic E-state index is 0.318. The number of rotatable bonds is 2. The molecule has 0 radical (unpaired) electrons. The van der Waals surface area contributed by atoms with Gasteiger partial charge in [-0.25, -0.2) is 4.79 Å². The number of nitro groups is 1. The summed E-state index contributed by atoms with van der Waals surface area (Å²) in [6, 6.07) is 3.45. The normalized spacial score (nSPS) is 13.6. The maximum absolute atomic E-state index is 11.4. The van der Waals surface area contributed by atoms with E-state index >= 15 is 0 Å². The van der Waals surface area contributed by atoms with Crippen molar-refractivity contribution in [2.75, 3.05) is 7.11 Å². The van der Waals surface area contributed by atoms with Gasteiger partial charge >= 0.3 is 5.97 Å². The van der Waals surface area contributed by atoms with Crippen LogP contribution in [-0.2, 0) is 4.74 Å². The van der Waals surface area contributed by atoms with Crippen LogP contribution in [0.3, 0.4) is 0 Å². The van der Waals surface area contributed by atoms with Crippen LogP contribution in [-0.4, -0.2) is 18.0 Å². The smallest absolute Gasteiger partial charge is 0.338 e. The van der Waals surface area contributed by atoms with Gasteiger partial charge in [-0.3, -0.25) is 10.1 Å². The summed E-state index contributed by atoms with van der Waals surface area (Å²) in [7, 11) is 1.07. The summed E-state index contributed by atoms with van der Waals surface area (Å²) < 4.78 is 26.1. The van der Waals surface area contributed by atoms with Crippen molar-refractivity contribution in [2.45, 2.75) is 6.85 Å². The van der Waals surface area contributed by atoms with E-state index in [9.17, 15) is 14.9 Å². The second kappa shape index (κ2) is 3.87. The SMILES string of the molecule is [2H]C([2H])([2H])c1c(C(=O)OC)cccc1[N+](=O)[O-]. The lowest BCUT2D eigenvalue weighted by Crippen LogP contribution is -2.05. The Bertz CT molecular complexity index is 470. The summed E-state index contributed by atoms with van der Waals surface area (Å²) in [6.45, 7) is -2.76. The first-order valence-electron chi connectivity index (χ1n) is 5.15. The van der Waals surface area contributed by atoms with Crippen molar-refractivity contribution in [3.8, 4) is 0 Å². The molecule has 0 heterocycles. The van der Waals surface area contributed by atoms with Crippen LogP contribution in [0.25, 0.3) is 0 Å². The first-order valence-corrected chi connectivity index (χ1v) is 3.65. The fourth-order valence-corrected chi connectivity index (χ4v) is 0.972. The van der Waals surface area contributed by atoms with E-state index in [-0.39, 0.29) is 5.56 Å². The molecule has 0 saturated heterocycles. The van der Waals surface area contributed by atoms with Crippen molar-refractivity contribution in [1.29, 1.82) is 0 Å². The molecule has 0 atom stereocenters. The second-order valence-electron chi connectivity index (χ2n) is 2.45. The summed E-state index contributed by atoms with van der Waals surface area (Å²) in [5.74, 6) is -0.917. The van der Waals surface area contributed by atoms with E-state index in [2.05, 4.69) is 4.74 Å². The van der Waals surface area contributed by atoms with Crippen molar-refractivity contribution in [3.63, 3.8) is 0 Å². The summed E-state index contributed by atoms with van der Waals surface area (Å²) in [5.41, 5.74) is -1.54. The lowest BCUT2D eigenvalue weighted by atomic mass is 10.1. The molecular formula is C9H9NO4. The Kier molecular flexibility index (Phi) is 1.80. The molecule has 0 unspecified atom stereocenters. The third kappa shape index (κ3) is 1.71. The summed E-state index contributed by atoms with van der Waals surface area (Å²) in [5, 5.41) is 10.7. The van der Waals surface area contributed by atoms with Crippen molar-refractivity contribution in [2.24, 2.45) is 0 Å². The van der Waals surface area contributed by atoms with Crippen LogP contribution in [0.15, 0.2) is 18.2 Å². The molecule has 1 aromatic rings. The van der Waals surface area contributed by atoms with Gasteiger partial charge in [0.15, 0.2) is 0 Å². The standard InChI is InChI=1S/C9H9NO4/c1-6-7(9(11)14-2)4-3-5-8(6)10(12)13/h3-5H,1-2H3/i1D3. The highest BCUT2D eigenvalue weighted by Crippen LogP contribution is 2.21. The van der Waals surface area contributed by atoms with Crippen LogP contribution in [0.4, 0.5) is 5.69 Å². The van der Waals surface area contributed by atoms with Gasteiger partial charge in [-0.2, -0.15) is 0 Å². The Labute approximate surface area is 84.7 Å². The van der Waals surface area contributed by atoms with Crippen LogP contribution < -0.4 is 0 Å². The van der Waals surface area contributed by atoms with E-state index in [0.717, 1.165) is 13.2 Å². The second-order valence-corrected chi connectivity index (χ2v) is 2.45. The molecule has 0 aliphatic heterocycles. The Morgan fingerprint density at radius 3 is 2.86 bits per heavy atom. The van der Waals surface area contributed by atoms with E-state index in [1.807, 2.05) is 0 Å². The van der Waals surface area contributed by atoms with Gasteiger partial charge in [-0.15, -0.1) is 0 Å². The third-order valence-corrected chi connectivity index (χ3v) is 1.64. The van der Waals surface area contributed by atoms with Crippen molar-refractivity contribution in [3.05, 3.63) is 39.4 Å². The van der Waals surface area contributed by atoms with E-state index in [1.165, 1.54) is 12.1 Å². The van der Waals surface area contributed by atoms with E-state index in [1.54, 1.807) is 0 Å². The average Bonchev–Trinajstić information content (AvgIpc) is 2.25. The maximum Gasteiger partial charge on any atom is 0.338 e. The minimum atomic E-state index is -2.76. The number of carbonyl (C=O) groups excluding carboxylic acids is 1. The number of hydrogen-bond donors (Lipinski definition) is 0. The monoisotopic (exact) mass is 198 g/mol. The molecule has 5 nitrogen and oxygen atoms in total. The highest BCUT2D eigenvalue weighted by molar-refractivity contribution is 5.92. The molecule has 0 fully saturated rings. The number of nitro benzene ring substituents is 1. The lowest BCUT2D eigenvalue weighted by molar-refractivity contribution is -0.385. The molecule has 5 heteroatoms. The van der Waals surface area contributed by atoms with E-state index in [4.69, 9.17) is 4.11 Å². The van der Waals surface area contributed by atoms with Gasteiger partial charge in [-0.05, 0) is 12.9 Å². The van der Waals surface area contributed by atoms with Crippen molar-refractivity contribution < 1.29 is 18.6 Å². The number of esters is 1. The Morgan fingerprint density at radius 1 is 1.64 bits per heavy atom. The molecule has 0 aliphatic carbocycles. The zero-order valence-corrected chi connectivity index (χ0v) is 7.31. The number of nitrogens with zero attached hydrogens (tertiary/aromatic N) is 1. The highest BCUT2D eigenvalue weighted by atomic mass is 16.6. The first kappa shape index (κ1) is 6.53. The molecule has 0 spiro atoms. The van der Waals surface area contributed by atoms with Crippen LogP contribution >= 0.6 is 0 Å². The topological polar surface area (TPSA) is 69.4 Å². The lowest BCUT2D eigenvalue weighted by Gasteiger charge is -2.03. The predicted molar refractivity (Wildman–Crippen MR) is 49.2 cm³/mol. The Balaban J connectivity index is 3.57. The molecule has 0 aromatic heterocycles. The fraction of sp³-hybridized carbons (Fsp3) is 0.222. The molecular weight excluding hydrogens is 186 g/mol. The number of carbonyl (C=O) groups is 1. The van der Waals surface area contributed by atoms with Gasteiger partial charge in [0, 0.05) is 15.7 Å². The first-order chi connectivity index (χ1) is 7.79. The molecule has 0 amide bonds. The maximum atomic E-state index is 11.4. The van der Waals surface area contributed by atoms with Gasteiger partial charge < -0.3 is 4.74 Å². The highest BCUT2D eigenvalue weighted by Gasteiger charge is 2.17. The van der Waals surface area contributed by atoms with Gasteiger partial charge in [-0.1, -0.05) is 6.07 Å². The Morgan fingerprint density at radius 2 is 2.36 bits per heavy atom. The van der Waals surface area contributed by atoms with Crippen LogP contribution in [0.5, 0.6) is 0 Å². The quantitative estimate of drug-likeness (QED) is 0.412. The molecule has 1 rings (SSSR count). The van der Waals surface area contributed by atoms with Gasteiger partial charge in [0.25, 0.3) is 5.69 Å². The molecule has 1 aromatic carbocycles.